The van der Waals surface area contributed by atoms with Crippen LogP contribution in [0.4, 0.5) is 0 Å². The molecule has 0 fully saturated rings. The van der Waals surface area contributed by atoms with Gasteiger partial charge in [0.25, 0.3) is 0 Å². The maximum atomic E-state index is 0. The van der Waals surface area contributed by atoms with Gasteiger partial charge in [0, 0.05) is 47.6 Å². The molecule has 0 bridgehead atoms. The standard InChI is InChI=1S/Al.Li.Mg.Sc.Ti.6H/q;+1;+2;;;;;;3*-1. The molecule has 5 heavy (non-hydrogen) atoms. The van der Waals surface area contributed by atoms with E-state index in [4.69, 9.17) is 0 Å². The van der Waals surface area contributed by atoms with Crippen LogP contribution in [0, 0.1) is 0 Å². The van der Waals surface area contributed by atoms with Gasteiger partial charge in [-0.2, -0.15) is 0 Å². The minimum atomic E-state index is 0. The van der Waals surface area contributed by atoms with Crippen LogP contribution in [-0.4, -0.2) is 40.4 Å². The molecular formula is H6AlLiMgScTi. The van der Waals surface area contributed by atoms with Gasteiger partial charge in [-0.1, -0.05) is 0 Å². The Kier molecular flexibility index (Phi) is 203. The summed E-state index contributed by atoms with van der Waals surface area (Å²) in [4.78, 5) is 0. The zero-order valence-corrected chi connectivity index (χ0v) is 7.56. The van der Waals surface area contributed by atoms with Gasteiger partial charge < -0.3 is 4.28 Å². The number of hydrogen-bond acceptors (Lipinski definition) is 0. The summed E-state index contributed by atoms with van der Waals surface area (Å²) in [6.07, 6.45) is 0. The van der Waals surface area contributed by atoms with Crippen LogP contribution < -0.4 is 18.9 Å². The summed E-state index contributed by atoms with van der Waals surface area (Å²) in [5, 5.41) is 0. The first-order valence-corrected chi connectivity index (χ1v) is 0. The van der Waals surface area contributed by atoms with Crippen molar-refractivity contribution in [3.05, 3.63) is 0 Å². The third-order valence-corrected chi connectivity index (χ3v) is 0. The van der Waals surface area contributed by atoms with Gasteiger partial charge in [-0.25, -0.2) is 0 Å². The summed E-state index contributed by atoms with van der Waals surface area (Å²) < 4.78 is 0. The van der Waals surface area contributed by atoms with Crippen molar-refractivity contribution in [2.45, 2.75) is 0 Å². The molecule has 0 aliphatic rings. The van der Waals surface area contributed by atoms with Crippen LogP contribution in [0.15, 0.2) is 0 Å². The molecule has 0 rings (SSSR count). The molecule has 0 spiro atoms. The molecule has 0 saturated heterocycles. The van der Waals surface area contributed by atoms with Gasteiger partial charge >= 0.3 is 41.9 Å². The quantitative estimate of drug-likeness (QED) is 0.313. The Morgan fingerprint density at radius 2 is 1.20 bits per heavy atom. The fourth-order valence-electron chi connectivity index (χ4n) is 0. The van der Waals surface area contributed by atoms with E-state index in [1.54, 1.807) is 0 Å². The monoisotopic (exact) mass is 157 g/mol. The fraction of sp³-hybridized carbons (Fsp3) is 0. The summed E-state index contributed by atoms with van der Waals surface area (Å²) in [7, 11) is 0. The van der Waals surface area contributed by atoms with E-state index in [1.807, 2.05) is 0 Å². The van der Waals surface area contributed by atoms with E-state index in [9.17, 15) is 0 Å². The average molecular weight is 157 g/mol. The minimum absolute atomic E-state index is 0. The van der Waals surface area contributed by atoms with Gasteiger partial charge in [-0.3, -0.25) is 0 Å². The van der Waals surface area contributed by atoms with E-state index in [0.717, 1.165) is 0 Å². The van der Waals surface area contributed by atoms with Gasteiger partial charge in [0.1, 0.15) is 0 Å². The molecule has 1 radical (unpaired) electrons. The van der Waals surface area contributed by atoms with Crippen LogP contribution in [0.1, 0.15) is 4.28 Å². The second-order valence-corrected chi connectivity index (χ2v) is 0. The molecule has 0 aliphatic heterocycles. The molecule has 0 nitrogen and oxygen atoms in total. The van der Waals surface area contributed by atoms with Crippen molar-refractivity contribution in [2.24, 2.45) is 0 Å². The smallest absolute Gasteiger partial charge is 1.00 e. The predicted octanol–water partition coefficient (Wildman–Crippen LogP) is -4.23. The van der Waals surface area contributed by atoms with E-state index in [-0.39, 0.29) is 111 Å². The Bertz CT molecular complexity index is 19.2. The van der Waals surface area contributed by atoms with Gasteiger partial charge in [-0.05, 0) is 0 Å². The number of hydrogen-bond donors (Lipinski definition) is 0. The normalized spacial score (nSPS) is 0. The fourth-order valence-corrected chi connectivity index (χ4v) is 0. The molecule has 0 aromatic heterocycles. The maximum absolute atomic E-state index is 0. The van der Waals surface area contributed by atoms with E-state index >= 15 is 0 Å². The van der Waals surface area contributed by atoms with Gasteiger partial charge in [-0.15, -0.1) is 0 Å². The second-order valence-electron chi connectivity index (χ2n) is 0. The number of rotatable bonds is 0. The van der Waals surface area contributed by atoms with Crippen molar-refractivity contribution >= 4 is 40.4 Å². The van der Waals surface area contributed by atoms with Crippen LogP contribution in [0.3, 0.4) is 0 Å². The van der Waals surface area contributed by atoms with Gasteiger partial charge in [0.15, 0.2) is 17.4 Å². The third-order valence-electron chi connectivity index (χ3n) is 0. The van der Waals surface area contributed by atoms with Crippen LogP contribution in [-0.2, 0) is 47.6 Å². The molecule has 0 amide bonds. The Morgan fingerprint density at radius 1 is 1.20 bits per heavy atom. The summed E-state index contributed by atoms with van der Waals surface area (Å²) >= 11 is 0. The largest absolute Gasteiger partial charge is 2.00 e. The molecule has 0 aromatic rings. The maximum Gasteiger partial charge on any atom is 2.00 e. The first kappa shape index (κ1) is 39.2. The molecular weight excluding hydrogens is 151 g/mol. The average Bonchev–Trinajstić information content (AvgIpc) is 0. The van der Waals surface area contributed by atoms with Crippen molar-refractivity contribution in [3.63, 3.8) is 0 Å². The van der Waals surface area contributed by atoms with E-state index < -0.39 is 0 Å². The third kappa shape index (κ3) is 18.5. The van der Waals surface area contributed by atoms with E-state index in [1.165, 1.54) is 0 Å². The first-order valence-electron chi connectivity index (χ1n) is 0. The Balaban J connectivity index is 0. The van der Waals surface area contributed by atoms with Gasteiger partial charge in [0.05, 0.1) is 0 Å². The van der Waals surface area contributed by atoms with Crippen LogP contribution >= 0.6 is 0 Å². The molecule has 0 atom stereocenters. The SMILES string of the molecule is [AlH3].[H-].[H-].[H-].[Li+].[Mg+2].[Sc].[Ti]. The Hall–Kier alpha value is 3.48. The van der Waals surface area contributed by atoms with Crippen molar-refractivity contribution in [2.75, 3.05) is 0 Å². The topological polar surface area (TPSA) is 0 Å². The first-order chi connectivity index (χ1) is 0. The molecule has 5 heteroatoms. The van der Waals surface area contributed by atoms with Crippen LogP contribution in [0.2, 0.25) is 0 Å². The second kappa shape index (κ2) is 25.9. The Morgan fingerprint density at radius 3 is 1.20 bits per heavy atom. The van der Waals surface area contributed by atoms with Crippen LogP contribution in [0.5, 0.6) is 0 Å². The van der Waals surface area contributed by atoms with E-state index in [0.29, 0.717) is 0 Å². The zero-order chi connectivity index (χ0) is 0. The molecule has 19 valence electrons. The molecule has 0 heterocycles. The Labute approximate surface area is 109 Å². The summed E-state index contributed by atoms with van der Waals surface area (Å²) in [6.45, 7) is 0. The summed E-state index contributed by atoms with van der Waals surface area (Å²) in [5.41, 5.74) is 0. The minimum Gasteiger partial charge on any atom is -1.00 e. The molecule has 0 aromatic carbocycles. The predicted molar refractivity (Wildman–Crippen MR) is 19.0 cm³/mol. The summed E-state index contributed by atoms with van der Waals surface area (Å²) in [6, 6.07) is 0. The summed E-state index contributed by atoms with van der Waals surface area (Å²) in [5.74, 6) is 0. The molecule has 0 N–H and O–H groups in total. The molecule has 0 saturated carbocycles. The van der Waals surface area contributed by atoms with Crippen molar-refractivity contribution < 1.29 is 70.7 Å². The van der Waals surface area contributed by atoms with Crippen molar-refractivity contribution in [1.29, 1.82) is 0 Å². The molecule has 0 unspecified atom stereocenters. The van der Waals surface area contributed by atoms with Gasteiger partial charge in [0.2, 0.25) is 0 Å². The van der Waals surface area contributed by atoms with E-state index in [2.05, 4.69) is 0 Å². The molecule has 0 aliphatic carbocycles. The van der Waals surface area contributed by atoms with Crippen molar-refractivity contribution in [3.8, 4) is 0 Å². The zero-order valence-electron chi connectivity index (χ0n) is 5.78. The van der Waals surface area contributed by atoms with Crippen molar-refractivity contribution in [1.82, 2.24) is 0 Å². The van der Waals surface area contributed by atoms with Crippen LogP contribution in [0.25, 0.3) is 0 Å².